The van der Waals surface area contributed by atoms with Gasteiger partial charge < -0.3 is 5.11 Å². The summed E-state index contributed by atoms with van der Waals surface area (Å²) in [5, 5.41) is 10.4. The molecule has 0 bridgehead atoms. The highest BCUT2D eigenvalue weighted by molar-refractivity contribution is 7.99. The van der Waals surface area contributed by atoms with Crippen molar-refractivity contribution in [2.75, 3.05) is 11.5 Å². The summed E-state index contributed by atoms with van der Waals surface area (Å²) >= 11 is 2.11. The lowest BCUT2D eigenvalue weighted by atomic mass is 9.80. The van der Waals surface area contributed by atoms with Crippen LogP contribution in [0.25, 0.3) is 0 Å². The van der Waals surface area contributed by atoms with Gasteiger partial charge in [0.2, 0.25) is 0 Å². The van der Waals surface area contributed by atoms with Gasteiger partial charge in [0.05, 0.1) is 5.60 Å². The van der Waals surface area contributed by atoms with E-state index in [-0.39, 0.29) is 5.60 Å². The van der Waals surface area contributed by atoms with Crippen LogP contribution in [0.1, 0.15) is 57.8 Å². The second kappa shape index (κ2) is 5.58. The van der Waals surface area contributed by atoms with Gasteiger partial charge in [0.1, 0.15) is 0 Å². The number of aliphatic hydroxyl groups is 1. The number of rotatable bonds is 3. The molecule has 1 atom stereocenters. The van der Waals surface area contributed by atoms with Gasteiger partial charge in [-0.3, -0.25) is 0 Å². The molecule has 0 aromatic heterocycles. The third-order valence-electron chi connectivity index (χ3n) is 4.06. The van der Waals surface area contributed by atoms with Gasteiger partial charge in [-0.25, -0.2) is 0 Å². The van der Waals surface area contributed by atoms with E-state index in [2.05, 4.69) is 11.8 Å². The lowest BCUT2D eigenvalue weighted by Gasteiger charge is -2.34. The normalized spacial score (nSPS) is 31.4. The van der Waals surface area contributed by atoms with Crippen molar-refractivity contribution < 1.29 is 5.11 Å². The van der Waals surface area contributed by atoms with E-state index in [1.807, 2.05) is 0 Å². The van der Waals surface area contributed by atoms with Gasteiger partial charge in [-0.05, 0) is 55.9 Å². The van der Waals surface area contributed by atoms with E-state index < -0.39 is 0 Å². The van der Waals surface area contributed by atoms with E-state index in [4.69, 9.17) is 0 Å². The first-order valence-corrected chi connectivity index (χ1v) is 7.74. The molecule has 1 saturated heterocycles. The SMILES string of the molecule is OC1(CCC2CCCSC2)CCCCC1. The molecule has 0 radical (unpaired) electrons. The molecule has 0 amide bonds. The number of hydrogen-bond donors (Lipinski definition) is 1. The smallest absolute Gasteiger partial charge is 0.0648 e. The predicted octanol–water partition coefficient (Wildman–Crippen LogP) is 3.61. The molecule has 15 heavy (non-hydrogen) atoms. The van der Waals surface area contributed by atoms with Crippen LogP contribution in [-0.2, 0) is 0 Å². The number of thioether (sulfide) groups is 1. The Labute approximate surface area is 98.0 Å². The lowest BCUT2D eigenvalue weighted by Crippen LogP contribution is -2.32. The largest absolute Gasteiger partial charge is 0.390 e. The van der Waals surface area contributed by atoms with E-state index >= 15 is 0 Å². The second-order valence-corrected chi connectivity index (χ2v) is 6.56. The van der Waals surface area contributed by atoms with Gasteiger partial charge in [-0.15, -0.1) is 0 Å². The van der Waals surface area contributed by atoms with Crippen LogP contribution in [0.15, 0.2) is 0 Å². The van der Waals surface area contributed by atoms with Crippen LogP contribution in [0.2, 0.25) is 0 Å². The molecule has 1 saturated carbocycles. The molecule has 0 spiro atoms. The zero-order valence-electron chi connectivity index (χ0n) is 9.71. The Balaban J connectivity index is 1.70. The second-order valence-electron chi connectivity index (χ2n) is 5.41. The average molecular weight is 228 g/mol. The molecule has 2 rings (SSSR count). The fraction of sp³-hybridized carbons (Fsp3) is 1.00. The maximum atomic E-state index is 10.4. The Bertz CT molecular complexity index is 181. The van der Waals surface area contributed by atoms with E-state index in [1.165, 1.54) is 50.0 Å². The van der Waals surface area contributed by atoms with Gasteiger partial charge in [-0.1, -0.05) is 19.3 Å². The summed E-state index contributed by atoms with van der Waals surface area (Å²) in [4.78, 5) is 0. The van der Waals surface area contributed by atoms with Crippen LogP contribution in [0.5, 0.6) is 0 Å². The molecule has 2 heteroatoms. The van der Waals surface area contributed by atoms with Gasteiger partial charge in [0.15, 0.2) is 0 Å². The Morgan fingerprint density at radius 1 is 1.13 bits per heavy atom. The summed E-state index contributed by atoms with van der Waals surface area (Å²) in [6.07, 6.45) is 11.1. The van der Waals surface area contributed by atoms with Crippen LogP contribution in [0.3, 0.4) is 0 Å². The van der Waals surface area contributed by atoms with Crippen molar-refractivity contribution in [3.8, 4) is 0 Å². The molecule has 2 aliphatic rings. The van der Waals surface area contributed by atoms with Gasteiger partial charge in [0.25, 0.3) is 0 Å². The lowest BCUT2D eigenvalue weighted by molar-refractivity contribution is -0.00858. The van der Waals surface area contributed by atoms with Crippen molar-refractivity contribution in [2.45, 2.75) is 63.4 Å². The van der Waals surface area contributed by atoms with Crippen molar-refractivity contribution in [3.63, 3.8) is 0 Å². The molecule has 1 unspecified atom stereocenters. The first-order valence-electron chi connectivity index (χ1n) is 6.59. The van der Waals surface area contributed by atoms with Crippen molar-refractivity contribution in [3.05, 3.63) is 0 Å². The maximum Gasteiger partial charge on any atom is 0.0648 e. The summed E-state index contributed by atoms with van der Waals surface area (Å²) in [7, 11) is 0. The predicted molar refractivity (Wildman–Crippen MR) is 67.3 cm³/mol. The minimum Gasteiger partial charge on any atom is -0.390 e. The maximum absolute atomic E-state index is 10.4. The Morgan fingerprint density at radius 3 is 2.60 bits per heavy atom. The monoisotopic (exact) mass is 228 g/mol. The molecule has 2 fully saturated rings. The van der Waals surface area contributed by atoms with Crippen molar-refractivity contribution in [1.82, 2.24) is 0 Å². The van der Waals surface area contributed by atoms with E-state index in [0.29, 0.717) is 0 Å². The first kappa shape index (κ1) is 11.8. The Kier molecular flexibility index (Phi) is 4.39. The molecular weight excluding hydrogens is 204 g/mol. The summed E-state index contributed by atoms with van der Waals surface area (Å²) in [6.45, 7) is 0. The molecule has 88 valence electrons. The van der Waals surface area contributed by atoms with Crippen LogP contribution in [0.4, 0.5) is 0 Å². The summed E-state index contributed by atoms with van der Waals surface area (Å²) in [6, 6.07) is 0. The average Bonchev–Trinajstić information content (AvgIpc) is 2.29. The van der Waals surface area contributed by atoms with Crippen molar-refractivity contribution >= 4 is 11.8 Å². The molecule has 1 aliphatic heterocycles. The van der Waals surface area contributed by atoms with Crippen LogP contribution < -0.4 is 0 Å². The van der Waals surface area contributed by atoms with Gasteiger partial charge in [0, 0.05) is 0 Å². The molecule has 1 heterocycles. The summed E-state index contributed by atoms with van der Waals surface area (Å²) in [5.41, 5.74) is -0.277. The van der Waals surface area contributed by atoms with E-state index in [9.17, 15) is 5.11 Å². The summed E-state index contributed by atoms with van der Waals surface area (Å²) in [5.74, 6) is 3.60. The highest BCUT2D eigenvalue weighted by Gasteiger charge is 2.29. The molecule has 1 nitrogen and oxygen atoms in total. The minimum absolute atomic E-state index is 0.277. The fourth-order valence-corrected chi connectivity index (χ4v) is 4.17. The van der Waals surface area contributed by atoms with Crippen LogP contribution >= 0.6 is 11.8 Å². The zero-order chi connectivity index (χ0) is 10.6. The van der Waals surface area contributed by atoms with Gasteiger partial charge >= 0.3 is 0 Å². The third kappa shape index (κ3) is 3.67. The molecule has 0 aromatic carbocycles. The Morgan fingerprint density at radius 2 is 1.93 bits per heavy atom. The van der Waals surface area contributed by atoms with E-state index in [1.54, 1.807) is 0 Å². The third-order valence-corrected chi connectivity index (χ3v) is 5.34. The topological polar surface area (TPSA) is 20.2 Å². The van der Waals surface area contributed by atoms with Crippen molar-refractivity contribution in [2.24, 2.45) is 5.92 Å². The van der Waals surface area contributed by atoms with Crippen LogP contribution in [0, 0.1) is 5.92 Å². The van der Waals surface area contributed by atoms with E-state index in [0.717, 1.165) is 25.2 Å². The standard InChI is InChI=1S/C13H24OS/c14-13(7-2-1-3-8-13)9-6-12-5-4-10-15-11-12/h12,14H,1-11H2. The summed E-state index contributed by atoms with van der Waals surface area (Å²) < 4.78 is 0. The highest BCUT2D eigenvalue weighted by atomic mass is 32.2. The van der Waals surface area contributed by atoms with Crippen LogP contribution in [-0.4, -0.2) is 22.2 Å². The quantitative estimate of drug-likeness (QED) is 0.796. The fourth-order valence-electron chi connectivity index (χ4n) is 2.97. The zero-order valence-corrected chi connectivity index (χ0v) is 10.5. The molecular formula is C13H24OS. The number of hydrogen-bond acceptors (Lipinski definition) is 2. The Hall–Kier alpha value is 0.310. The van der Waals surface area contributed by atoms with Crippen molar-refractivity contribution in [1.29, 1.82) is 0 Å². The molecule has 1 aliphatic carbocycles. The molecule has 0 aromatic rings. The molecule has 1 N–H and O–H groups in total. The highest BCUT2D eigenvalue weighted by Crippen LogP contribution is 2.35. The minimum atomic E-state index is -0.277. The first-order chi connectivity index (χ1) is 7.29. The van der Waals surface area contributed by atoms with Gasteiger partial charge in [-0.2, -0.15) is 11.8 Å².